The molecule has 22 heavy (non-hydrogen) atoms. The summed E-state index contributed by atoms with van der Waals surface area (Å²) in [6.45, 7) is 0.626. The molecule has 0 N–H and O–H groups in total. The summed E-state index contributed by atoms with van der Waals surface area (Å²) in [6.07, 6.45) is 0. The van der Waals surface area contributed by atoms with E-state index < -0.39 is 0 Å². The molecule has 0 spiro atoms. The average Bonchev–Trinajstić information content (AvgIpc) is 3.07. The number of thioether (sulfide) groups is 1. The number of rotatable bonds is 1. The Hall–Kier alpha value is -1.79. The van der Waals surface area contributed by atoms with Gasteiger partial charge in [0.25, 0.3) is 5.91 Å². The normalized spacial score (nSPS) is 21.9. The van der Waals surface area contributed by atoms with Gasteiger partial charge >= 0.3 is 0 Å². The van der Waals surface area contributed by atoms with Crippen molar-refractivity contribution in [3.63, 3.8) is 0 Å². The number of hydrogen-bond acceptors (Lipinski definition) is 5. The van der Waals surface area contributed by atoms with Crippen molar-refractivity contribution in [3.8, 4) is 0 Å². The quantitative estimate of drug-likeness (QED) is 0.752. The van der Waals surface area contributed by atoms with Crippen molar-refractivity contribution in [1.29, 1.82) is 0 Å². The van der Waals surface area contributed by atoms with Gasteiger partial charge in [0.15, 0.2) is 0 Å². The first-order valence-electron chi connectivity index (χ1n) is 6.98. The predicted molar refractivity (Wildman–Crippen MR) is 89.4 cm³/mol. The van der Waals surface area contributed by atoms with Crippen molar-refractivity contribution in [3.05, 3.63) is 57.3 Å². The summed E-state index contributed by atoms with van der Waals surface area (Å²) < 4.78 is 0. The van der Waals surface area contributed by atoms with Gasteiger partial charge in [-0.3, -0.25) is 4.79 Å². The standard InChI is InChI=1S/C16H14N2O2S2/c1-20-17-13-9-22-16-11-5-3-2-4-10(11)15(19)18(16)8-14-12(13)6-7-21-14/h2-7,16H,8-9H2,1H3/b17-13+. The Balaban J connectivity index is 1.80. The summed E-state index contributed by atoms with van der Waals surface area (Å²) in [5.41, 5.74) is 3.97. The molecule has 112 valence electrons. The van der Waals surface area contributed by atoms with Crippen LogP contribution in [-0.2, 0) is 11.4 Å². The molecule has 2 aromatic rings. The number of nitrogens with zero attached hydrogens (tertiary/aromatic N) is 2. The molecule has 4 nitrogen and oxygen atoms in total. The maximum absolute atomic E-state index is 12.7. The number of benzene rings is 1. The molecule has 1 aromatic heterocycles. The number of carbonyl (C=O) groups excluding carboxylic acids is 1. The summed E-state index contributed by atoms with van der Waals surface area (Å²) in [4.78, 5) is 20.8. The first kappa shape index (κ1) is 13.8. The number of hydrogen-bond donors (Lipinski definition) is 0. The number of carbonyl (C=O) groups is 1. The fourth-order valence-corrected chi connectivity index (χ4v) is 5.12. The predicted octanol–water partition coefficient (Wildman–Crippen LogP) is 3.50. The number of amides is 1. The Morgan fingerprint density at radius 2 is 2.14 bits per heavy atom. The zero-order chi connectivity index (χ0) is 15.1. The third kappa shape index (κ3) is 2.06. The lowest BCUT2D eigenvalue weighted by molar-refractivity contribution is 0.0763. The average molecular weight is 330 g/mol. The molecule has 0 aliphatic carbocycles. The van der Waals surface area contributed by atoms with Crippen LogP contribution in [0.15, 0.2) is 40.9 Å². The van der Waals surface area contributed by atoms with Gasteiger partial charge in [0.1, 0.15) is 12.5 Å². The van der Waals surface area contributed by atoms with E-state index in [1.54, 1.807) is 30.2 Å². The lowest BCUT2D eigenvalue weighted by Gasteiger charge is -2.27. The van der Waals surface area contributed by atoms with E-state index in [9.17, 15) is 4.79 Å². The van der Waals surface area contributed by atoms with Crippen LogP contribution in [0.25, 0.3) is 0 Å². The fraction of sp³-hybridized carbons (Fsp3) is 0.250. The fourth-order valence-electron chi connectivity index (χ4n) is 2.97. The third-order valence-electron chi connectivity index (χ3n) is 3.95. The van der Waals surface area contributed by atoms with Crippen LogP contribution in [0.5, 0.6) is 0 Å². The van der Waals surface area contributed by atoms with Crippen molar-refractivity contribution in [2.45, 2.75) is 11.9 Å². The van der Waals surface area contributed by atoms with Crippen LogP contribution in [0.4, 0.5) is 0 Å². The number of fused-ring (bicyclic) bond motifs is 4. The van der Waals surface area contributed by atoms with Crippen molar-refractivity contribution >= 4 is 34.7 Å². The van der Waals surface area contributed by atoms with Crippen molar-refractivity contribution in [2.24, 2.45) is 5.16 Å². The SMILES string of the molecule is CO/N=C1\CSC2c3ccccc3C(=O)N2Cc2sccc21. The van der Waals surface area contributed by atoms with E-state index in [2.05, 4.69) is 22.7 Å². The van der Waals surface area contributed by atoms with Crippen LogP contribution >= 0.6 is 23.1 Å². The maximum Gasteiger partial charge on any atom is 0.255 e. The molecular weight excluding hydrogens is 316 g/mol. The first-order valence-corrected chi connectivity index (χ1v) is 8.90. The van der Waals surface area contributed by atoms with Crippen LogP contribution in [0, 0.1) is 0 Å². The summed E-state index contributed by atoms with van der Waals surface area (Å²) >= 11 is 3.40. The topological polar surface area (TPSA) is 41.9 Å². The van der Waals surface area contributed by atoms with Gasteiger partial charge in [-0.1, -0.05) is 23.4 Å². The van der Waals surface area contributed by atoms with Crippen LogP contribution in [0.1, 0.15) is 31.7 Å². The molecule has 0 saturated carbocycles. The van der Waals surface area contributed by atoms with Gasteiger partial charge in [0, 0.05) is 21.8 Å². The Bertz CT molecular complexity index is 769. The highest BCUT2D eigenvalue weighted by molar-refractivity contribution is 8.00. The molecule has 0 saturated heterocycles. The Morgan fingerprint density at radius 3 is 3.00 bits per heavy atom. The molecular formula is C16H14N2O2S2. The maximum atomic E-state index is 12.7. The summed E-state index contributed by atoms with van der Waals surface area (Å²) in [5, 5.41) is 6.29. The van der Waals surface area contributed by atoms with Crippen LogP contribution in [0.2, 0.25) is 0 Å². The molecule has 1 unspecified atom stereocenters. The molecule has 4 rings (SSSR count). The van der Waals surface area contributed by atoms with E-state index >= 15 is 0 Å². The molecule has 0 fully saturated rings. The molecule has 3 heterocycles. The third-order valence-corrected chi connectivity index (χ3v) is 6.12. The van der Waals surface area contributed by atoms with E-state index in [4.69, 9.17) is 4.84 Å². The van der Waals surface area contributed by atoms with Crippen molar-refractivity contribution in [1.82, 2.24) is 4.90 Å². The summed E-state index contributed by atoms with van der Waals surface area (Å²) in [6, 6.07) is 9.95. The molecule has 1 aromatic carbocycles. The largest absolute Gasteiger partial charge is 0.399 e. The summed E-state index contributed by atoms with van der Waals surface area (Å²) in [5.74, 6) is 0.847. The van der Waals surface area contributed by atoms with E-state index in [0.29, 0.717) is 6.54 Å². The second-order valence-electron chi connectivity index (χ2n) is 5.16. The Labute approximate surface area is 136 Å². The molecule has 2 aliphatic heterocycles. The minimum atomic E-state index is 0.0565. The van der Waals surface area contributed by atoms with E-state index in [1.807, 2.05) is 23.1 Å². The molecule has 2 aliphatic rings. The smallest absolute Gasteiger partial charge is 0.255 e. The van der Waals surface area contributed by atoms with Gasteiger partial charge in [-0.05, 0) is 23.1 Å². The molecule has 1 atom stereocenters. The highest BCUT2D eigenvalue weighted by atomic mass is 32.2. The Kier molecular flexibility index (Phi) is 3.43. The zero-order valence-corrected chi connectivity index (χ0v) is 13.6. The van der Waals surface area contributed by atoms with Gasteiger partial charge in [-0.2, -0.15) is 0 Å². The van der Waals surface area contributed by atoms with Gasteiger partial charge < -0.3 is 9.74 Å². The molecule has 1 amide bonds. The van der Waals surface area contributed by atoms with Gasteiger partial charge in [0.2, 0.25) is 0 Å². The minimum absolute atomic E-state index is 0.0565. The molecule has 0 bridgehead atoms. The lowest BCUT2D eigenvalue weighted by Crippen LogP contribution is -2.29. The van der Waals surface area contributed by atoms with Gasteiger partial charge in [0.05, 0.1) is 12.3 Å². The second-order valence-corrected chi connectivity index (χ2v) is 7.23. The van der Waals surface area contributed by atoms with Gasteiger partial charge in [-0.25, -0.2) is 0 Å². The highest BCUT2D eigenvalue weighted by Crippen LogP contribution is 2.44. The van der Waals surface area contributed by atoms with Gasteiger partial charge in [-0.15, -0.1) is 23.1 Å². The summed E-state index contributed by atoms with van der Waals surface area (Å²) in [7, 11) is 1.57. The first-order chi connectivity index (χ1) is 10.8. The van der Waals surface area contributed by atoms with E-state index in [-0.39, 0.29) is 11.3 Å². The molecule has 6 heteroatoms. The Morgan fingerprint density at radius 1 is 1.27 bits per heavy atom. The number of thiophene rings is 1. The van der Waals surface area contributed by atoms with Crippen LogP contribution in [-0.4, -0.2) is 29.4 Å². The van der Waals surface area contributed by atoms with Crippen LogP contribution < -0.4 is 0 Å². The monoisotopic (exact) mass is 330 g/mol. The highest BCUT2D eigenvalue weighted by Gasteiger charge is 2.38. The lowest BCUT2D eigenvalue weighted by atomic mass is 10.1. The van der Waals surface area contributed by atoms with Crippen molar-refractivity contribution < 1.29 is 9.63 Å². The van der Waals surface area contributed by atoms with E-state index in [1.165, 1.54) is 4.88 Å². The second kappa shape index (κ2) is 5.44. The van der Waals surface area contributed by atoms with Crippen molar-refractivity contribution in [2.75, 3.05) is 12.9 Å². The van der Waals surface area contributed by atoms with Crippen LogP contribution in [0.3, 0.4) is 0 Å². The number of oxime groups is 1. The van der Waals surface area contributed by atoms with E-state index in [0.717, 1.165) is 28.2 Å². The minimum Gasteiger partial charge on any atom is -0.399 e. The zero-order valence-electron chi connectivity index (χ0n) is 12.0. The molecule has 0 radical (unpaired) electrons.